The Morgan fingerprint density at radius 3 is 2.89 bits per heavy atom. The first-order valence-corrected chi connectivity index (χ1v) is 6.48. The molecule has 1 N–H and O–H groups in total. The van der Waals surface area contributed by atoms with Crippen molar-refractivity contribution >= 4 is 34.0 Å². The van der Waals surface area contributed by atoms with E-state index in [4.69, 9.17) is 4.74 Å². The highest BCUT2D eigenvalue weighted by Gasteiger charge is 2.08. The molecule has 0 aliphatic carbocycles. The van der Waals surface area contributed by atoms with E-state index < -0.39 is 4.92 Å². The third-order valence-corrected chi connectivity index (χ3v) is 2.97. The molecule has 1 aromatic rings. The molecule has 5 nitrogen and oxygen atoms in total. The number of nitrogens with one attached hydrogen (secondary N) is 1. The SMILES string of the molecule is C=C(C)COCCNc1ccc([N+](=O)[O-])cc1I. The van der Waals surface area contributed by atoms with Crippen molar-refractivity contribution in [3.63, 3.8) is 0 Å². The van der Waals surface area contributed by atoms with Crippen LogP contribution in [0.2, 0.25) is 0 Å². The molecule has 0 unspecified atom stereocenters. The molecule has 0 atom stereocenters. The van der Waals surface area contributed by atoms with E-state index in [0.717, 1.165) is 14.8 Å². The number of halogens is 1. The Kier molecular flexibility index (Phi) is 6.06. The molecular weight excluding hydrogens is 347 g/mol. The second-order valence-corrected chi connectivity index (χ2v) is 5.02. The lowest BCUT2D eigenvalue weighted by molar-refractivity contribution is -0.384. The summed E-state index contributed by atoms with van der Waals surface area (Å²) < 4.78 is 6.17. The van der Waals surface area contributed by atoms with Crippen molar-refractivity contribution in [2.24, 2.45) is 0 Å². The highest BCUT2D eigenvalue weighted by atomic mass is 127. The molecule has 0 aromatic heterocycles. The Bertz CT molecular complexity index is 449. The predicted octanol–water partition coefficient (Wildman–Crippen LogP) is 3.20. The summed E-state index contributed by atoms with van der Waals surface area (Å²) in [6.45, 7) is 7.43. The third kappa shape index (κ3) is 5.01. The van der Waals surface area contributed by atoms with Crippen molar-refractivity contribution in [2.45, 2.75) is 6.92 Å². The normalized spacial score (nSPS) is 10.1. The maximum absolute atomic E-state index is 10.6. The smallest absolute Gasteiger partial charge is 0.270 e. The number of hydrogen-bond donors (Lipinski definition) is 1. The first kappa shape index (κ1) is 14.9. The fourth-order valence-electron chi connectivity index (χ4n) is 1.27. The van der Waals surface area contributed by atoms with Crippen LogP contribution in [-0.2, 0) is 4.74 Å². The van der Waals surface area contributed by atoms with Crippen LogP contribution in [0.25, 0.3) is 0 Å². The highest BCUT2D eigenvalue weighted by Crippen LogP contribution is 2.23. The lowest BCUT2D eigenvalue weighted by Crippen LogP contribution is -2.11. The van der Waals surface area contributed by atoms with Gasteiger partial charge in [0, 0.05) is 27.9 Å². The fraction of sp³-hybridized carbons (Fsp3) is 0.333. The second-order valence-electron chi connectivity index (χ2n) is 3.86. The number of nitro groups is 1. The zero-order valence-corrected chi connectivity index (χ0v) is 12.3. The summed E-state index contributed by atoms with van der Waals surface area (Å²) in [5, 5.41) is 13.7. The van der Waals surface area contributed by atoms with Crippen LogP contribution in [0, 0.1) is 13.7 Å². The zero-order valence-electron chi connectivity index (χ0n) is 10.1. The first-order valence-electron chi connectivity index (χ1n) is 5.40. The minimum absolute atomic E-state index is 0.100. The van der Waals surface area contributed by atoms with E-state index in [9.17, 15) is 10.1 Å². The van der Waals surface area contributed by atoms with Gasteiger partial charge in [-0.1, -0.05) is 12.2 Å². The molecule has 1 aromatic carbocycles. The van der Waals surface area contributed by atoms with Gasteiger partial charge in [0.15, 0.2) is 0 Å². The Morgan fingerprint density at radius 2 is 2.33 bits per heavy atom. The summed E-state index contributed by atoms with van der Waals surface area (Å²) in [5.74, 6) is 0. The van der Waals surface area contributed by atoms with Gasteiger partial charge in [0.05, 0.1) is 18.1 Å². The number of nitro benzene ring substituents is 1. The van der Waals surface area contributed by atoms with Crippen molar-refractivity contribution in [2.75, 3.05) is 25.1 Å². The van der Waals surface area contributed by atoms with Gasteiger partial charge in [0.25, 0.3) is 5.69 Å². The Labute approximate surface area is 120 Å². The third-order valence-electron chi connectivity index (χ3n) is 2.07. The quantitative estimate of drug-likeness (QED) is 0.266. The van der Waals surface area contributed by atoms with E-state index in [1.165, 1.54) is 12.1 Å². The largest absolute Gasteiger partial charge is 0.382 e. The van der Waals surface area contributed by atoms with E-state index in [1.54, 1.807) is 6.07 Å². The Balaban J connectivity index is 2.43. The van der Waals surface area contributed by atoms with Gasteiger partial charge >= 0.3 is 0 Å². The minimum Gasteiger partial charge on any atom is -0.382 e. The van der Waals surface area contributed by atoms with E-state index >= 15 is 0 Å². The van der Waals surface area contributed by atoms with Crippen molar-refractivity contribution in [3.8, 4) is 0 Å². The zero-order chi connectivity index (χ0) is 13.5. The molecule has 18 heavy (non-hydrogen) atoms. The van der Waals surface area contributed by atoms with Crippen LogP contribution < -0.4 is 5.32 Å². The maximum atomic E-state index is 10.6. The number of benzene rings is 1. The van der Waals surface area contributed by atoms with Crippen LogP contribution in [0.5, 0.6) is 0 Å². The molecule has 0 aliphatic rings. The van der Waals surface area contributed by atoms with Crippen molar-refractivity contribution in [1.82, 2.24) is 0 Å². The molecule has 0 bridgehead atoms. The van der Waals surface area contributed by atoms with Crippen LogP contribution in [0.15, 0.2) is 30.4 Å². The van der Waals surface area contributed by atoms with Crippen LogP contribution in [0.3, 0.4) is 0 Å². The van der Waals surface area contributed by atoms with Crippen molar-refractivity contribution in [1.29, 1.82) is 0 Å². The highest BCUT2D eigenvalue weighted by molar-refractivity contribution is 14.1. The number of rotatable bonds is 7. The maximum Gasteiger partial charge on any atom is 0.270 e. The van der Waals surface area contributed by atoms with Gasteiger partial charge < -0.3 is 10.1 Å². The van der Waals surface area contributed by atoms with E-state index in [1.807, 2.05) is 6.92 Å². The monoisotopic (exact) mass is 362 g/mol. The molecule has 0 saturated heterocycles. The molecule has 1 rings (SSSR count). The van der Waals surface area contributed by atoms with Gasteiger partial charge in [-0.05, 0) is 35.6 Å². The summed E-state index contributed by atoms with van der Waals surface area (Å²) in [6, 6.07) is 4.73. The minimum atomic E-state index is -0.401. The summed E-state index contributed by atoms with van der Waals surface area (Å²) in [7, 11) is 0. The summed E-state index contributed by atoms with van der Waals surface area (Å²) in [6.07, 6.45) is 0. The average Bonchev–Trinajstić information content (AvgIpc) is 2.29. The molecule has 6 heteroatoms. The molecule has 0 heterocycles. The molecule has 0 saturated carbocycles. The van der Waals surface area contributed by atoms with Crippen molar-refractivity contribution < 1.29 is 9.66 Å². The number of ether oxygens (including phenoxy) is 1. The van der Waals surface area contributed by atoms with Gasteiger partial charge in [-0.15, -0.1) is 0 Å². The lowest BCUT2D eigenvalue weighted by Gasteiger charge is -2.09. The number of nitrogens with zero attached hydrogens (tertiary/aromatic N) is 1. The molecule has 0 fully saturated rings. The van der Waals surface area contributed by atoms with E-state index in [0.29, 0.717) is 19.8 Å². The van der Waals surface area contributed by atoms with Gasteiger partial charge in [0.2, 0.25) is 0 Å². The first-order chi connectivity index (χ1) is 8.50. The summed E-state index contributed by atoms with van der Waals surface area (Å²) in [4.78, 5) is 10.2. The molecule has 0 spiro atoms. The molecular formula is C12H15IN2O3. The molecule has 0 radical (unpaired) electrons. The van der Waals surface area contributed by atoms with Gasteiger partial charge in [-0.3, -0.25) is 10.1 Å². The van der Waals surface area contributed by atoms with Crippen LogP contribution >= 0.6 is 22.6 Å². The molecule has 98 valence electrons. The van der Waals surface area contributed by atoms with Crippen LogP contribution in [0.4, 0.5) is 11.4 Å². The van der Waals surface area contributed by atoms with Crippen molar-refractivity contribution in [3.05, 3.63) is 44.0 Å². The van der Waals surface area contributed by atoms with E-state index in [-0.39, 0.29) is 5.69 Å². The van der Waals surface area contributed by atoms with Gasteiger partial charge in [-0.25, -0.2) is 0 Å². The fourth-order valence-corrected chi connectivity index (χ4v) is 1.95. The summed E-state index contributed by atoms with van der Waals surface area (Å²) >= 11 is 2.07. The number of hydrogen-bond acceptors (Lipinski definition) is 4. The average molecular weight is 362 g/mol. The van der Waals surface area contributed by atoms with Gasteiger partial charge in [-0.2, -0.15) is 0 Å². The van der Waals surface area contributed by atoms with Gasteiger partial charge in [0.1, 0.15) is 0 Å². The number of non-ortho nitro benzene ring substituents is 1. The second kappa shape index (κ2) is 7.32. The van der Waals surface area contributed by atoms with E-state index in [2.05, 4.69) is 34.5 Å². The predicted molar refractivity (Wildman–Crippen MR) is 79.9 cm³/mol. The lowest BCUT2D eigenvalue weighted by atomic mass is 10.3. The van der Waals surface area contributed by atoms with Crippen LogP contribution in [-0.4, -0.2) is 24.7 Å². The molecule has 0 aliphatic heterocycles. The number of anilines is 1. The van der Waals surface area contributed by atoms with Crippen LogP contribution in [0.1, 0.15) is 6.92 Å². The topological polar surface area (TPSA) is 64.4 Å². The summed E-state index contributed by atoms with van der Waals surface area (Å²) in [5.41, 5.74) is 1.96. The Morgan fingerprint density at radius 1 is 1.61 bits per heavy atom. The Hall–Kier alpha value is -1.15. The standard InChI is InChI=1S/C12H15IN2O3/c1-9(2)8-18-6-5-14-12-4-3-10(15(16)17)7-11(12)13/h3-4,7,14H,1,5-6,8H2,2H3. The molecule has 0 amide bonds.